The Balaban J connectivity index is 2.67. The van der Waals surface area contributed by atoms with Gasteiger partial charge in [0.15, 0.2) is 12.4 Å². The van der Waals surface area contributed by atoms with Crippen LogP contribution in [0.2, 0.25) is 0 Å². The van der Waals surface area contributed by atoms with Crippen LogP contribution in [0.5, 0.6) is 0 Å². The third-order valence-corrected chi connectivity index (χ3v) is 14.5. The summed E-state index contributed by atoms with van der Waals surface area (Å²) < 4.78 is 17.6. The fourth-order valence-corrected chi connectivity index (χ4v) is 9.62. The highest BCUT2D eigenvalue weighted by Crippen LogP contribution is 2.26. The topological polar surface area (TPSA) is 175 Å². The maximum atomic E-state index is 13.4. The van der Waals surface area contributed by atoms with Gasteiger partial charge in [0.25, 0.3) is 0 Å². The van der Waals surface area contributed by atoms with E-state index in [-0.39, 0.29) is 13.0 Å². The summed E-state index contributed by atoms with van der Waals surface area (Å²) in [4.78, 5) is 26.5. The molecule has 8 unspecified atom stereocenters. The molecule has 73 heavy (non-hydrogen) atoms. The van der Waals surface area contributed by atoms with Crippen LogP contribution in [0, 0.1) is 0 Å². The number of allylic oxidation sites excluding steroid dienone is 5. The van der Waals surface area contributed by atoms with Crippen molar-refractivity contribution in [1.29, 1.82) is 0 Å². The molecule has 1 aliphatic heterocycles. The van der Waals surface area contributed by atoms with Gasteiger partial charge in [-0.15, -0.1) is 0 Å². The molecular weight excluding hydrogens is 919 g/mol. The normalized spacial score (nSPS) is 19.6. The highest BCUT2D eigenvalue weighted by atomic mass is 16.7. The number of hydrogen-bond donors (Lipinski definition) is 6. The van der Waals surface area contributed by atoms with Crippen LogP contribution in [-0.4, -0.2) is 99.6 Å². The number of rotatable bonds is 52. The van der Waals surface area contributed by atoms with Crippen LogP contribution >= 0.6 is 0 Å². The SMILES string of the molecule is CCCCC/C=C\C/C=C\CCCCCCCCCCCCC(O)C(=O)NC(COC1OC(CO)C(O)C(O)C1OC(=O)CCCCCCCCCCCCC)C(O)/C=C/CCCCCCCCCCCCC. The van der Waals surface area contributed by atoms with E-state index < -0.39 is 67.4 Å². The number of carbonyl (C=O) groups excluding carboxylic acids is 2. The molecule has 0 aromatic rings. The molecular formula is C62H115NO10. The smallest absolute Gasteiger partial charge is 0.306 e. The molecule has 1 rings (SSSR count). The molecule has 0 aromatic carbocycles. The predicted molar refractivity (Wildman–Crippen MR) is 301 cm³/mol. The molecule has 11 heteroatoms. The van der Waals surface area contributed by atoms with E-state index in [1.54, 1.807) is 6.08 Å². The van der Waals surface area contributed by atoms with Crippen LogP contribution in [-0.2, 0) is 23.8 Å². The van der Waals surface area contributed by atoms with E-state index in [0.717, 1.165) is 70.6 Å². The molecule has 1 fully saturated rings. The minimum Gasteiger partial charge on any atom is -0.454 e. The summed E-state index contributed by atoms with van der Waals surface area (Å²) in [6.07, 6.45) is 49.0. The Kier molecular flexibility index (Phi) is 47.8. The Morgan fingerprint density at radius 2 is 0.945 bits per heavy atom. The number of aliphatic hydroxyl groups excluding tert-OH is 5. The van der Waals surface area contributed by atoms with E-state index in [1.165, 1.54) is 167 Å². The largest absolute Gasteiger partial charge is 0.454 e. The Labute approximate surface area is 447 Å². The van der Waals surface area contributed by atoms with Crippen LogP contribution in [0.25, 0.3) is 0 Å². The van der Waals surface area contributed by atoms with E-state index in [0.29, 0.717) is 19.3 Å². The quantitative estimate of drug-likeness (QED) is 0.0195. The minimum absolute atomic E-state index is 0.127. The van der Waals surface area contributed by atoms with Crippen LogP contribution in [0.15, 0.2) is 36.5 Å². The molecule has 0 bridgehead atoms. The number of aliphatic hydroxyl groups is 5. The standard InChI is InChI=1S/C62H115NO10/c1-4-7-10-13-16-19-22-24-25-26-27-28-29-30-32-35-37-40-43-46-49-55(66)61(70)63-53(54(65)48-45-42-39-36-34-31-23-20-17-14-11-8-5-2)52-71-62-60(59(69)58(68)56(51-64)72-62)73-57(67)50-47-44-41-38-33-21-18-15-12-9-6-3/h16,19,24-25,45,48,53-56,58-60,62,64-66,68-69H,4-15,17-18,20-23,26-44,46-47,49-52H2,1-3H3,(H,63,70)/b19-16-,25-24-,48-45+. The molecule has 8 atom stereocenters. The van der Waals surface area contributed by atoms with Gasteiger partial charge in [-0.3, -0.25) is 9.59 Å². The molecule has 428 valence electrons. The van der Waals surface area contributed by atoms with Crippen molar-refractivity contribution in [3.05, 3.63) is 36.5 Å². The lowest BCUT2D eigenvalue weighted by atomic mass is 9.99. The molecule has 11 nitrogen and oxygen atoms in total. The zero-order valence-electron chi connectivity index (χ0n) is 47.3. The zero-order valence-corrected chi connectivity index (χ0v) is 47.3. The van der Waals surface area contributed by atoms with Crippen molar-refractivity contribution >= 4 is 11.9 Å². The van der Waals surface area contributed by atoms with Gasteiger partial charge in [-0.05, 0) is 57.8 Å². The molecule has 1 heterocycles. The monoisotopic (exact) mass is 1030 g/mol. The minimum atomic E-state index is -1.61. The van der Waals surface area contributed by atoms with Gasteiger partial charge in [0.05, 0.1) is 25.4 Å². The summed E-state index contributed by atoms with van der Waals surface area (Å²) >= 11 is 0. The van der Waals surface area contributed by atoms with Crippen molar-refractivity contribution in [2.24, 2.45) is 0 Å². The Hall–Kier alpha value is -2.12. The average molecular weight is 1030 g/mol. The molecule has 0 aliphatic carbocycles. The number of ether oxygens (including phenoxy) is 3. The highest BCUT2D eigenvalue weighted by molar-refractivity contribution is 5.80. The first-order chi connectivity index (χ1) is 35.7. The van der Waals surface area contributed by atoms with E-state index in [2.05, 4.69) is 50.4 Å². The highest BCUT2D eigenvalue weighted by Gasteiger charge is 2.47. The van der Waals surface area contributed by atoms with Crippen LogP contribution in [0.4, 0.5) is 0 Å². The van der Waals surface area contributed by atoms with Crippen molar-refractivity contribution in [3.8, 4) is 0 Å². The van der Waals surface area contributed by atoms with Gasteiger partial charge in [0, 0.05) is 6.42 Å². The van der Waals surface area contributed by atoms with E-state index in [9.17, 15) is 35.1 Å². The number of amides is 1. The summed E-state index contributed by atoms with van der Waals surface area (Å²) in [6.45, 7) is 5.76. The molecule has 1 amide bonds. The summed E-state index contributed by atoms with van der Waals surface area (Å²) in [5, 5.41) is 56.9. The molecule has 1 saturated heterocycles. The molecule has 0 spiro atoms. The molecule has 0 aromatic heterocycles. The van der Waals surface area contributed by atoms with Crippen molar-refractivity contribution in [2.45, 2.75) is 333 Å². The summed E-state index contributed by atoms with van der Waals surface area (Å²) in [5.74, 6) is -1.19. The second-order valence-electron chi connectivity index (χ2n) is 21.4. The second kappa shape index (κ2) is 50.7. The number of nitrogens with one attached hydrogen (secondary N) is 1. The van der Waals surface area contributed by atoms with Crippen molar-refractivity contribution < 1.29 is 49.3 Å². The van der Waals surface area contributed by atoms with E-state index >= 15 is 0 Å². The zero-order chi connectivity index (χ0) is 53.3. The number of unbranched alkanes of at least 4 members (excludes halogenated alkanes) is 34. The van der Waals surface area contributed by atoms with E-state index in [1.807, 2.05) is 6.08 Å². The first kappa shape index (κ1) is 68.9. The number of esters is 1. The Bertz CT molecular complexity index is 1330. The van der Waals surface area contributed by atoms with Gasteiger partial charge >= 0.3 is 5.97 Å². The summed E-state index contributed by atoms with van der Waals surface area (Å²) in [5.41, 5.74) is 0. The molecule has 1 aliphatic rings. The van der Waals surface area contributed by atoms with Gasteiger partial charge in [-0.1, -0.05) is 256 Å². The summed E-state index contributed by atoms with van der Waals surface area (Å²) in [6, 6.07) is -1.02. The number of carbonyl (C=O) groups is 2. The molecule has 0 radical (unpaired) electrons. The van der Waals surface area contributed by atoms with Crippen molar-refractivity contribution in [2.75, 3.05) is 13.2 Å². The predicted octanol–water partition coefficient (Wildman–Crippen LogP) is 14.3. The van der Waals surface area contributed by atoms with Gasteiger partial charge in [-0.25, -0.2) is 0 Å². The first-order valence-corrected chi connectivity index (χ1v) is 30.8. The fourth-order valence-electron chi connectivity index (χ4n) is 9.62. The Morgan fingerprint density at radius 3 is 1.42 bits per heavy atom. The average Bonchev–Trinajstić information content (AvgIpc) is 3.39. The third-order valence-electron chi connectivity index (χ3n) is 14.5. The van der Waals surface area contributed by atoms with Gasteiger partial charge in [0.2, 0.25) is 5.91 Å². The lowest BCUT2D eigenvalue weighted by Gasteiger charge is -2.41. The maximum Gasteiger partial charge on any atom is 0.306 e. The van der Waals surface area contributed by atoms with Crippen LogP contribution < -0.4 is 5.32 Å². The van der Waals surface area contributed by atoms with Crippen LogP contribution in [0.3, 0.4) is 0 Å². The summed E-state index contributed by atoms with van der Waals surface area (Å²) in [7, 11) is 0. The maximum absolute atomic E-state index is 13.4. The van der Waals surface area contributed by atoms with Gasteiger partial charge in [0.1, 0.15) is 24.4 Å². The lowest BCUT2D eigenvalue weighted by molar-refractivity contribution is -0.305. The second-order valence-corrected chi connectivity index (χ2v) is 21.4. The Morgan fingerprint density at radius 1 is 0.534 bits per heavy atom. The van der Waals surface area contributed by atoms with Gasteiger partial charge < -0.3 is 45.1 Å². The lowest BCUT2D eigenvalue weighted by Crippen LogP contribution is -2.61. The first-order valence-electron chi connectivity index (χ1n) is 30.8. The fraction of sp³-hybridized carbons (Fsp3) is 0.871. The molecule has 6 N–H and O–H groups in total. The molecule has 0 saturated carbocycles. The third kappa shape index (κ3) is 39.0. The number of hydrogen-bond acceptors (Lipinski definition) is 10. The van der Waals surface area contributed by atoms with Gasteiger partial charge in [-0.2, -0.15) is 0 Å². The van der Waals surface area contributed by atoms with Crippen molar-refractivity contribution in [3.63, 3.8) is 0 Å². The van der Waals surface area contributed by atoms with Crippen LogP contribution in [0.1, 0.15) is 284 Å². The van der Waals surface area contributed by atoms with E-state index in [4.69, 9.17) is 14.2 Å². The van der Waals surface area contributed by atoms with Crippen molar-refractivity contribution in [1.82, 2.24) is 5.32 Å².